The van der Waals surface area contributed by atoms with Crippen molar-refractivity contribution in [3.63, 3.8) is 0 Å². The molecule has 0 heterocycles. The van der Waals surface area contributed by atoms with Gasteiger partial charge in [0.05, 0.1) is 13.5 Å². The number of methoxy groups -OCH3 is 1. The fourth-order valence-electron chi connectivity index (χ4n) is 1.78. The smallest absolute Gasteiger partial charge is 0.306 e. The summed E-state index contributed by atoms with van der Waals surface area (Å²) in [6.45, 7) is 0. The maximum Gasteiger partial charge on any atom is 0.306 e. The van der Waals surface area contributed by atoms with Crippen molar-refractivity contribution in [1.82, 2.24) is 0 Å². The molecule has 1 rings (SSSR count). The van der Waals surface area contributed by atoms with Gasteiger partial charge in [0.15, 0.2) is 0 Å². The summed E-state index contributed by atoms with van der Waals surface area (Å²) in [6.07, 6.45) is 4.96. The lowest BCUT2D eigenvalue weighted by molar-refractivity contribution is -0.145. The molecular weight excluding hydrogens is 156 g/mol. The van der Waals surface area contributed by atoms with Crippen LogP contribution in [-0.4, -0.2) is 19.4 Å². The standard InChI is InChI=1S/C9H14O3/c1-12-8(11)6-9(7-10)4-2-3-5-9/h7H,2-6H2,1H3. The van der Waals surface area contributed by atoms with E-state index in [0.717, 1.165) is 32.0 Å². The van der Waals surface area contributed by atoms with Gasteiger partial charge in [-0.3, -0.25) is 4.79 Å². The van der Waals surface area contributed by atoms with Crippen molar-refractivity contribution in [2.24, 2.45) is 5.41 Å². The van der Waals surface area contributed by atoms with Gasteiger partial charge in [0.2, 0.25) is 0 Å². The van der Waals surface area contributed by atoms with Crippen LogP contribution in [0, 0.1) is 5.41 Å². The number of hydrogen-bond donors (Lipinski definition) is 0. The Labute approximate surface area is 72.1 Å². The van der Waals surface area contributed by atoms with E-state index < -0.39 is 5.41 Å². The predicted octanol–water partition coefficient (Wildman–Crippen LogP) is 1.31. The van der Waals surface area contributed by atoms with Crippen LogP contribution in [0.2, 0.25) is 0 Å². The van der Waals surface area contributed by atoms with Gasteiger partial charge in [-0.1, -0.05) is 12.8 Å². The highest BCUT2D eigenvalue weighted by atomic mass is 16.5. The normalized spacial score (nSPS) is 20.4. The summed E-state index contributed by atoms with van der Waals surface area (Å²) in [6, 6.07) is 0. The molecule has 1 saturated carbocycles. The highest BCUT2D eigenvalue weighted by Gasteiger charge is 2.35. The molecule has 0 aromatic heterocycles. The summed E-state index contributed by atoms with van der Waals surface area (Å²) >= 11 is 0. The molecule has 0 aromatic rings. The van der Waals surface area contributed by atoms with E-state index in [1.807, 2.05) is 0 Å². The molecule has 0 unspecified atom stereocenters. The van der Waals surface area contributed by atoms with Gasteiger partial charge in [-0.15, -0.1) is 0 Å². The number of rotatable bonds is 3. The molecule has 0 saturated heterocycles. The van der Waals surface area contributed by atoms with Gasteiger partial charge in [-0.2, -0.15) is 0 Å². The summed E-state index contributed by atoms with van der Waals surface area (Å²) in [4.78, 5) is 21.7. The monoisotopic (exact) mass is 170 g/mol. The zero-order valence-corrected chi connectivity index (χ0v) is 7.34. The van der Waals surface area contributed by atoms with Crippen molar-refractivity contribution >= 4 is 12.3 Å². The quantitative estimate of drug-likeness (QED) is 0.473. The Bertz CT molecular complexity index is 180. The molecule has 0 aromatic carbocycles. The van der Waals surface area contributed by atoms with E-state index in [-0.39, 0.29) is 12.4 Å². The summed E-state index contributed by atoms with van der Waals surface area (Å²) in [5.41, 5.74) is -0.396. The van der Waals surface area contributed by atoms with Crippen LogP contribution in [0.3, 0.4) is 0 Å². The lowest BCUT2D eigenvalue weighted by Crippen LogP contribution is -2.23. The Balaban J connectivity index is 2.55. The van der Waals surface area contributed by atoms with Crippen LogP contribution in [0.4, 0.5) is 0 Å². The molecule has 3 nitrogen and oxygen atoms in total. The van der Waals surface area contributed by atoms with Gasteiger partial charge in [0.1, 0.15) is 6.29 Å². The van der Waals surface area contributed by atoms with Crippen LogP contribution < -0.4 is 0 Å². The van der Waals surface area contributed by atoms with E-state index in [9.17, 15) is 9.59 Å². The molecule has 1 aliphatic carbocycles. The second-order valence-corrected chi connectivity index (χ2v) is 3.44. The van der Waals surface area contributed by atoms with Crippen molar-refractivity contribution < 1.29 is 14.3 Å². The Morgan fingerprint density at radius 1 is 1.50 bits per heavy atom. The maximum absolute atomic E-state index is 11.0. The van der Waals surface area contributed by atoms with E-state index in [1.54, 1.807) is 0 Å². The minimum atomic E-state index is -0.396. The fourth-order valence-corrected chi connectivity index (χ4v) is 1.78. The van der Waals surface area contributed by atoms with E-state index in [1.165, 1.54) is 7.11 Å². The topological polar surface area (TPSA) is 43.4 Å². The molecule has 68 valence electrons. The number of carbonyl (C=O) groups is 2. The van der Waals surface area contributed by atoms with Gasteiger partial charge < -0.3 is 9.53 Å². The molecule has 0 spiro atoms. The SMILES string of the molecule is COC(=O)CC1(C=O)CCCC1. The lowest BCUT2D eigenvalue weighted by Gasteiger charge is -2.19. The number of carbonyl (C=O) groups excluding carboxylic acids is 2. The Kier molecular flexibility index (Phi) is 2.84. The second-order valence-electron chi connectivity index (χ2n) is 3.44. The summed E-state index contributed by atoms with van der Waals surface area (Å²) in [5.74, 6) is -0.274. The van der Waals surface area contributed by atoms with Crippen molar-refractivity contribution in [3.8, 4) is 0 Å². The molecule has 3 heteroatoms. The number of hydrogen-bond acceptors (Lipinski definition) is 3. The first-order valence-corrected chi connectivity index (χ1v) is 4.26. The van der Waals surface area contributed by atoms with Crippen molar-refractivity contribution in [1.29, 1.82) is 0 Å². The minimum Gasteiger partial charge on any atom is -0.469 e. The van der Waals surface area contributed by atoms with Crippen molar-refractivity contribution in [3.05, 3.63) is 0 Å². The number of ether oxygens (including phenoxy) is 1. The van der Waals surface area contributed by atoms with Gasteiger partial charge >= 0.3 is 5.97 Å². The first-order chi connectivity index (χ1) is 5.72. The molecule has 0 bridgehead atoms. The largest absolute Gasteiger partial charge is 0.469 e. The number of esters is 1. The predicted molar refractivity (Wildman–Crippen MR) is 43.6 cm³/mol. The van der Waals surface area contributed by atoms with Crippen LogP contribution in [0.5, 0.6) is 0 Å². The van der Waals surface area contributed by atoms with Crippen LogP contribution in [0.15, 0.2) is 0 Å². The molecule has 12 heavy (non-hydrogen) atoms. The third-order valence-corrected chi connectivity index (χ3v) is 2.57. The third-order valence-electron chi connectivity index (χ3n) is 2.57. The second kappa shape index (κ2) is 3.70. The van der Waals surface area contributed by atoms with E-state index >= 15 is 0 Å². The Morgan fingerprint density at radius 2 is 2.08 bits per heavy atom. The molecule has 0 amide bonds. The average Bonchev–Trinajstić information content (AvgIpc) is 2.54. The first-order valence-electron chi connectivity index (χ1n) is 4.26. The van der Waals surface area contributed by atoms with Crippen LogP contribution in [-0.2, 0) is 14.3 Å². The molecule has 0 aliphatic heterocycles. The van der Waals surface area contributed by atoms with E-state index in [4.69, 9.17) is 0 Å². The Morgan fingerprint density at radius 3 is 2.50 bits per heavy atom. The maximum atomic E-state index is 11.0. The van der Waals surface area contributed by atoms with Gasteiger partial charge in [0.25, 0.3) is 0 Å². The molecule has 0 atom stereocenters. The van der Waals surface area contributed by atoms with Gasteiger partial charge in [0, 0.05) is 5.41 Å². The summed E-state index contributed by atoms with van der Waals surface area (Å²) in [7, 11) is 1.36. The van der Waals surface area contributed by atoms with Crippen LogP contribution in [0.25, 0.3) is 0 Å². The molecule has 1 fully saturated rings. The summed E-state index contributed by atoms with van der Waals surface area (Å²) < 4.78 is 4.54. The van der Waals surface area contributed by atoms with Crippen molar-refractivity contribution in [2.45, 2.75) is 32.1 Å². The molecule has 0 radical (unpaired) electrons. The molecule has 0 N–H and O–H groups in total. The fraction of sp³-hybridized carbons (Fsp3) is 0.778. The Hall–Kier alpha value is -0.860. The lowest BCUT2D eigenvalue weighted by atomic mass is 9.84. The third kappa shape index (κ3) is 1.84. The zero-order valence-electron chi connectivity index (χ0n) is 7.34. The number of aldehydes is 1. The van der Waals surface area contributed by atoms with Gasteiger partial charge in [-0.25, -0.2) is 0 Å². The van der Waals surface area contributed by atoms with E-state index in [2.05, 4.69) is 4.74 Å². The van der Waals surface area contributed by atoms with Gasteiger partial charge in [-0.05, 0) is 12.8 Å². The highest BCUT2D eigenvalue weighted by molar-refractivity contribution is 5.76. The van der Waals surface area contributed by atoms with Crippen LogP contribution >= 0.6 is 0 Å². The van der Waals surface area contributed by atoms with Crippen molar-refractivity contribution in [2.75, 3.05) is 7.11 Å². The average molecular weight is 170 g/mol. The zero-order chi connectivity index (χ0) is 9.03. The summed E-state index contributed by atoms with van der Waals surface area (Å²) in [5, 5.41) is 0. The van der Waals surface area contributed by atoms with E-state index in [0.29, 0.717) is 0 Å². The highest BCUT2D eigenvalue weighted by Crippen LogP contribution is 2.39. The first kappa shape index (κ1) is 9.23. The molecular formula is C9H14O3. The minimum absolute atomic E-state index is 0.257. The van der Waals surface area contributed by atoms with Crippen LogP contribution in [0.1, 0.15) is 32.1 Å². The molecule has 1 aliphatic rings.